The van der Waals surface area contributed by atoms with Gasteiger partial charge in [0.25, 0.3) is 0 Å². The summed E-state index contributed by atoms with van der Waals surface area (Å²) in [6, 6.07) is 3.16. The lowest BCUT2D eigenvalue weighted by Crippen LogP contribution is -2.03. The number of aromatic nitrogens is 3. The molecule has 2 aromatic heterocycles. The van der Waals surface area contributed by atoms with Crippen LogP contribution in [-0.4, -0.2) is 25.7 Å². The number of carbonyl (C=O) groups is 1. The largest absolute Gasteiger partial charge is 0.478 e. The number of fused-ring (bicyclic) bond motifs is 1. The number of carboxylic acids is 1. The van der Waals surface area contributed by atoms with Gasteiger partial charge in [0.2, 0.25) is 0 Å². The number of hydrogen-bond donors (Lipinski definition) is 1. The van der Waals surface area contributed by atoms with E-state index >= 15 is 0 Å². The molecule has 0 atom stereocenters. The van der Waals surface area contributed by atoms with Crippen LogP contribution >= 0.6 is 0 Å². The van der Waals surface area contributed by atoms with Crippen LogP contribution in [0, 0.1) is 6.92 Å². The molecule has 66 valence electrons. The zero-order chi connectivity index (χ0) is 9.42. The van der Waals surface area contributed by atoms with Gasteiger partial charge in [0.15, 0.2) is 5.65 Å². The van der Waals surface area contributed by atoms with Gasteiger partial charge in [0.1, 0.15) is 6.33 Å². The van der Waals surface area contributed by atoms with E-state index < -0.39 is 5.97 Å². The third-order valence-corrected chi connectivity index (χ3v) is 1.95. The number of nitrogens with zero attached hydrogens (tertiary/aromatic N) is 3. The first-order valence-corrected chi connectivity index (χ1v) is 3.73. The molecule has 0 unspecified atom stereocenters. The Labute approximate surface area is 73.6 Å². The first kappa shape index (κ1) is 7.72. The van der Waals surface area contributed by atoms with Crippen molar-refractivity contribution < 1.29 is 9.90 Å². The molecular weight excluding hydrogens is 170 g/mol. The minimum Gasteiger partial charge on any atom is -0.478 e. The minimum absolute atomic E-state index is 0.271. The molecule has 0 aliphatic carbocycles. The van der Waals surface area contributed by atoms with Crippen LogP contribution in [0.3, 0.4) is 0 Å². The van der Waals surface area contributed by atoms with Crippen molar-refractivity contribution in [3.63, 3.8) is 0 Å². The Bertz CT molecular complexity index is 475. The number of pyridine rings is 1. The minimum atomic E-state index is -0.937. The van der Waals surface area contributed by atoms with Crippen molar-refractivity contribution in [1.82, 2.24) is 14.6 Å². The van der Waals surface area contributed by atoms with Crippen molar-refractivity contribution in [3.8, 4) is 0 Å². The summed E-state index contributed by atoms with van der Waals surface area (Å²) < 4.78 is 1.64. The van der Waals surface area contributed by atoms with E-state index in [1.54, 1.807) is 17.4 Å². The summed E-state index contributed by atoms with van der Waals surface area (Å²) in [7, 11) is 0. The van der Waals surface area contributed by atoms with Crippen LogP contribution in [0.25, 0.3) is 5.65 Å². The third-order valence-electron chi connectivity index (χ3n) is 1.95. The number of rotatable bonds is 1. The van der Waals surface area contributed by atoms with Crippen molar-refractivity contribution in [2.45, 2.75) is 6.92 Å². The molecule has 0 amide bonds. The molecule has 0 spiro atoms. The molecule has 13 heavy (non-hydrogen) atoms. The first-order valence-electron chi connectivity index (χ1n) is 3.73. The van der Waals surface area contributed by atoms with Crippen molar-refractivity contribution in [2.24, 2.45) is 0 Å². The van der Waals surface area contributed by atoms with Gasteiger partial charge in [0, 0.05) is 5.69 Å². The SMILES string of the molecule is Cc1c(C(=O)O)ccc2nncn12. The molecular formula is C8H7N3O2. The highest BCUT2D eigenvalue weighted by molar-refractivity contribution is 5.89. The summed E-state index contributed by atoms with van der Waals surface area (Å²) in [6.07, 6.45) is 1.50. The predicted molar refractivity (Wildman–Crippen MR) is 44.7 cm³/mol. The van der Waals surface area contributed by atoms with Crippen LogP contribution in [0.5, 0.6) is 0 Å². The summed E-state index contributed by atoms with van der Waals surface area (Å²) in [5.74, 6) is -0.937. The maximum atomic E-state index is 10.7. The topological polar surface area (TPSA) is 67.5 Å². The zero-order valence-electron chi connectivity index (χ0n) is 6.93. The van der Waals surface area contributed by atoms with Crippen LogP contribution in [-0.2, 0) is 0 Å². The lowest BCUT2D eigenvalue weighted by molar-refractivity contribution is 0.0695. The third kappa shape index (κ3) is 1.05. The lowest BCUT2D eigenvalue weighted by Gasteiger charge is -2.01. The van der Waals surface area contributed by atoms with E-state index in [-0.39, 0.29) is 5.56 Å². The molecule has 0 bridgehead atoms. The fraction of sp³-hybridized carbons (Fsp3) is 0.125. The van der Waals surface area contributed by atoms with Gasteiger partial charge in [-0.3, -0.25) is 4.40 Å². The highest BCUT2D eigenvalue weighted by Gasteiger charge is 2.09. The van der Waals surface area contributed by atoms with Gasteiger partial charge >= 0.3 is 5.97 Å². The maximum absolute atomic E-state index is 10.7. The maximum Gasteiger partial charge on any atom is 0.337 e. The van der Waals surface area contributed by atoms with E-state index in [2.05, 4.69) is 10.2 Å². The molecule has 1 N–H and O–H groups in total. The second-order valence-corrected chi connectivity index (χ2v) is 2.70. The predicted octanol–water partition coefficient (Wildman–Crippen LogP) is 0.736. The number of aryl methyl sites for hydroxylation is 1. The molecule has 0 fully saturated rings. The van der Waals surface area contributed by atoms with Gasteiger partial charge in [-0.25, -0.2) is 4.79 Å². The van der Waals surface area contributed by atoms with E-state index in [4.69, 9.17) is 5.11 Å². The summed E-state index contributed by atoms with van der Waals surface area (Å²) in [5.41, 5.74) is 1.56. The van der Waals surface area contributed by atoms with Gasteiger partial charge in [-0.2, -0.15) is 0 Å². The Kier molecular flexibility index (Phi) is 1.51. The highest BCUT2D eigenvalue weighted by Crippen LogP contribution is 2.09. The second-order valence-electron chi connectivity index (χ2n) is 2.70. The smallest absolute Gasteiger partial charge is 0.337 e. The molecule has 2 aromatic rings. The van der Waals surface area contributed by atoms with Crippen LogP contribution < -0.4 is 0 Å². The zero-order valence-corrected chi connectivity index (χ0v) is 6.93. The molecule has 0 saturated heterocycles. The summed E-state index contributed by atoms with van der Waals surface area (Å²) >= 11 is 0. The Morgan fingerprint density at radius 3 is 3.00 bits per heavy atom. The first-order chi connectivity index (χ1) is 6.20. The fourth-order valence-electron chi connectivity index (χ4n) is 1.25. The van der Waals surface area contributed by atoms with Gasteiger partial charge in [-0.05, 0) is 19.1 Å². The second kappa shape index (κ2) is 2.55. The van der Waals surface area contributed by atoms with E-state index in [0.29, 0.717) is 11.3 Å². The average Bonchev–Trinajstić information content (AvgIpc) is 2.52. The van der Waals surface area contributed by atoms with E-state index in [9.17, 15) is 4.79 Å². The average molecular weight is 177 g/mol. The molecule has 2 heterocycles. The van der Waals surface area contributed by atoms with Gasteiger partial charge in [-0.15, -0.1) is 10.2 Å². The molecule has 2 rings (SSSR count). The number of aromatic carboxylic acids is 1. The van der Waals surface area contributed by atoms with E-state index in [1.807, 2.05) is 0 Å². The standard InChI is InChI=1S/C8H7N3O2/c1-5-6(8(12)13)2-3-7-10-9-4-11(5)7/h2-4H,1H3,(H,12,13). The molecule has 0 aliphatic heterocycles. The highest BCUT2D eigenvalue weighted by atomic mass is 16.4. The molecule has 0 aromatic carbocycles. The quantitative estimate of drug-likeness (QED) is 0.697. The van der Waals surface area contributed by atoms with Gasteiger partial charge in [0.05, 0.1) is 5.56 Å². The summed E-state index contributed by atoms with van der Waals surface area (Å²) in [6.45, 7) is 1.72. The Balaban J connectivity index is 2.80. The molecule has 0 aliphatic rings. The van der Waals surface area contributed by atoms with Crippen LogP contribution in [0.4, 0.5) is 0 Å². The fourth-order valence-corrected chi connectivity index (χ4v) is 1.25. The Morgan fingerprint density at radius 2 is 2.31 bits per heavy atom. The number of carboxylic acid groups (broad SMARTS) is 1. The molecule has 5 nitrogen and oxygen atoms in total. The van der Waals surface area contributed by atoms with Gasteiger partial charge in [-0.1, -0.05) is 0 Å². The molecule has 5 heteroatoms. The monoisotopic (exact) mass is 177 g/mol. The van der Waals surface area contributed by atoms with Crippen molar-refractivity contribution in [1.29, 1.82) is 0 Å². The van der Waals surface area contributed by atoms with Crippen molar-refractivity contribution in [2.75, 3.05) is 0 Å². The normalized spacial score (nSPS) is 10.5. The van der Waals surface area contributed by atoms with Gasteiger partial charge < -0.3 is 5.11 Å². The van der Waals surface area contributed by atoms with Crippen molar-refractivity contribution in [3.05, 3.63) is 29.7 Å². The lowest BCUT2D eigenvalue weighted by atomic mass is 10.2. The van der Waals surface area contributed by atoms with Crippen LogP contribution in [0.15, 0.2) is 18.5 Å². The summed E-state index contributed by atoms with van der Waals surface area (Å²) in [5, 5.41) is 16.3. The molecule has 0 radical (unpaired) electrons. The van der Waals surface area contributed by atoms with Crippen LogP contribution in [0.1, 0.15) is 16.1 Å². The Morgan fingerprint density at radius 1 is 1.54 bits per heavy atom. The Hall–Kier alpha value is -1.91. The van der Waals surface area contributed by atoms with E-state index in [1.165, 1.54) is 12.4 Å². The number of hydrogen-bond acceptors (Lipinski definition) is 3. The van der Waals surface area contributed by atoms with E-state index in [0.717, 1.165) is 0 Å². The van der Waals surface area contributed by atoms with Crippen molar-refractivity contribution >= 4 is 11.6 Å². The summed E-state index contributed by atoms with van der Waals surface area (Å²) in [4.78, 5) is 10.7. The van der Waals surface area contributed by atoms with Crippen LogP contribution in [0.2, 0.25) is 0 Å². The molecule has 0 saturated carbocycles.